The fourth-order valence-electron chi connectivity index (χ4n) is 3.39. The molecule has 2 nitrogen and oxygen atoms in total. The van der Waals surface area contributed by atoms with Crippen LogP contribution in [-0.4, -0.2) is 23.5 Å². The number of nitrogens with zero attached hydrogens (tertiary/aromatic N) is 2. The van der Waals surface area contributed by atoms with Crippen LogP contribution in [0.4, 0.5) is 0 Å². The summed E-state index contributed by atoms with van der Waals surface area (Å²) in [4.78, 5) is 2.66. The fourth-order valence-corrected chi connectivity index (χ4v) is 3.39. The Bertz CT molecular complexity index is 263. The van der Waals surface area contributed by atoms with Crippen LogP contribution in [0.15, 0.2) is 0 Å². The van der Waals surface area contributed by atoms with Crippen LogP contribution in [-0.2, 0) is 0 Å². The van der Waals surface area contributed by atoms with Gasteiger partial charge in [-0.2, -0.15) is 5.26 Å². The van der Waals surface area contributed by atoms with Gasteiger partial charge in [0.2, 0.25) is 0 Å². The molecule has 0 aromatic heterocycles. The average Bonchev–Trinajstić information content (AvgIpc) is 2.38. The molecule has 0 aromatic rings. The van der Waals surface area contributed by atoms with E-state index in [2.05, 4.69) is 38.7 Å². The second kappa shape index (κ2) is 7.79. The van der Waals surface area contributed by atoms with Gasteiger partial charge in [-0.25, -0.2) is 0 Å². The van der Waals surface area contributed by atoms with Gasteiger partial charge in [0.05, 0.1) is 12.0 Å². The van der Waals surface area contributed by atoms with Crippen molar-refractivity contribution < 1.29 is 0 Å². The van der Waals surface area contributed by atoms with E-state index in [0.717, 1.165) is 13.0 Å². The predicted molar refractivity (Wildman–Crippen MR) is 77.3 cm³/mol. The van der Waals surface area contributed by atoms with E-state index in [1.165, 1.54) is 32.1 Å². The smallest absolute Gasteiger partial charge is 0.0672 e. The van der Waals surface area contributed by atoms with Crippen molar-refractivity contribution in [2.24, 2.45) is 11.8 Å². The number of rotatable bonds is 6. The fraction of sp³-hybridized carbons (Fsp3) is 0.938. The first kappa shape index (κ1) is 15.5. The molecular weight excluding hydrogens is 220 g/mol. The van der Waals surface area contributed by atoms with E-state index in [9.17, 15) is 5.26 Å². The molecule has 1 rings (SSSR count). The predicted octanol–water partition coefficient (Wildman–Crippen LogP) is 4.22. The molecule has 104 valence electrons. The Morgan fingerprint density at radius 3 is 2.28 bits per heavy atom. The molecule has 1 fully saturated rings. The molecular formula is C16H30N2. The number of hydrogen-bond acceptors (Lipinski definition) is 2. The Morgan fingerprint density at radius 1 is 1.17 bits per heavy atom. The minimum Gasteiger partial charge on any atom is -0.296 e. The molecule has 0 radical (unpaired) electrons. The summed E-state index contributed by atoms with van der Waals surface area (Å²) < 4.78 is 0. The summed E-state index contributed by atoms with van der Waals surface area (Å²) in [6.45, 7) is 10.3. The van der Waals surface area contributed by atoms with Gasteiger partial charge in [-0.05, 0) is 31.6 Å². The van der Waals surface area contributed by atoms with E-state index in [4.69, 9.17) is 0 Å². The average molecular weight is 250 g/mol. The summed E-state index contributed by atoms with van der Waals surface area (Å²) in [7, 11) is 0. The largest absolute Gasteiger partial charge is 0.296 e. The standard InChI is InChI=1S/C16H30N2/c1-5-15(6-2)18(12-13(3)4)16-10-8-7-9-14(16)11-17/h13-16H,5-10,12H2,1-4H3. The van der Waals surface area contributed by atoms with E-state index in [-0.39, 0.29) is 5.92 Å². The van der Waals surface area contributed by atoms with Crippen molar-refractivity contribution in [2.75, 3.05) is 6.54 Å². The van der Waals surface area contributed by atoms with Crippen molar-refractivity contribution in [3.8, 4) is 6.07 Å². The highest BCUT2D eigenvalue weighted by Crippen LogP contribution is 2.31. The molecule has 1 aliphatic rings. The van der Waals surface area contributed by atoms with Crippen LogP contribution < -0.4 is 0 Å². The molecule has 0 amide bonds. The zero-order valence-electron chi connectivity index (χ0n) is 12.7. The van der Waals surface area contributed by atoms with Crippen LogP contribution in [0.25, 0.3) is 0 Å². The van der Waals surface area contributed by atoms with Crippen molar-refractivity contribution in [1.82, 2.24) is 4.90 Å². The monoisotopic (exact) mass is 250 g/mol. The lowest BCUT2D eigenvalue weighted by molar-refractivity contribution is 0.0644. The van der Waals surface area contributed by atoms with E-state index in [0.29, 0.717) is 18.0 Å². The van der Waals surface area contributed by atoms with Gasteiger partial charge < -0.3 is 0 Å². The van der Waals surface area contributed by atoms with Crippen molar-refractivity contribution >= 4 is 0 Å². The summed E-state index contributed by atoms with van der Waals surface area (Å²) in [6.07, 6.45) is 7.29. The molecule has 0 bridgehead atoms. The van der Waals surface area contributed by atoms with Crippen molar-refractivity contribution in [3.63, 3.8) is 0 Å². The molecule has 0 aliphatic heterocycles. The van der Waals surface area contributed by atoms with Crippen LogP contribution in [0.2, 0.25) is 0 Å². The summed E-state index contributed by atoms with van der Waals surface area (Å²) in [5, 5.41) is 9.39. The molecule has 1 saturated carbocycles. The lowest BCUT2D eigenvalue weighted by Crippen LogP contribution is -2.49. The van der Waals surface area contributed by atoms with Crippen molar-refractivity contribution in [2.45, 2.75) is 78.3 Å². The van der Waals surface area contributed by atoms with Gasteiger partial charge in [0.25, 0.3) is 0 Å². The molecule has 0 heterocycles. The lowest BCUT2D eigenvalue weighted by atomic mass is 9.83. The molecule has 2 atom stereocenters. The Labute approximate surface area is 113 Å². The maximum atomic E-state index is 9.39. The van der Waals surface area contributed by atoms with Crippen molar-refractivity contribution in [3.05, 3.63) is 0 Å². The SMILES string of the molecule is CCC(CC)N(CC(C)C)C1CCCCC1C#N. The quantitative estimate of drug-likeness (QED) is 0.706. The van der Waals surface area contributed by atoms with Crippen LogP contribution >= 0.6 is 0 Å². The number of hydrogen-bond donors (Lipinski definition) is 0. The van der Waals surface area contributed by atoms with E-state index < -0.39 is 0 Å². The minimum absolute atomic E-state index is 0.262. The molecule has 2 unspecified atom stereocenters. The van der Waals surface area contributed by atoms with Gasteiger partial charge in [-0.3, -0.25) is 4.90 Å². The second-order valence-corrected chi connectivity index (χ2v) is 6.15. The lowest BCUT2D eigenvalue weighted by Gasteiger charge is -2.42. The third-order valence-corrected chi connectivity index (χ3v) is 4.31. The first-order valence-corrected chi connectivity index (χ1v) is 7.79. The van der Waals surface area contributed by atoms with Crippen LogP contribution in [0.5, 0.6) is 0 Å². The van der Waals surface area contributed by atoms with Gasteiger partial charge in [-0.15, -0.1) is 0 Å². The Balaban J connectivity index is 2.82. The van der Waals surface area contributed by atoms with Gasteiger partial charge >= 0.3 is 0 Å². The van der Waals surface area contributed by atoms with Gasteiger partial charge in [0.15, 0.2) is 0 Å². The van der Waals surface area contributed by atoms with Gasteiger partial charge in [0.1, 0.15) is 0 Å². The van der Waals surface area contributed by atoms with E-state index >= 15 is 0 Å². The van der Waals surface area contributed by atoms with E-state index in [1.54, 1.807) is 0 Å². The molecule has 0 N–H and O–H groups in total. The summed E-state index contributed by atoms with van der Waals surface area (Å²) in [5.74, 6) is 0.949. The zero-order valence-corrected chi connectivity index (χ0v) is 12.7. The third kappa shape index (κ3) is 3.99. The highest BCUT2D eigenvalue weighted by atomic mass is 15.2. The Kier molecular flexibility index (Phi) is 6.71. The van der Waals surface area contributed by atoms with Gasteiger partial charge in [0, 0.05) is 18.6 Å². The molecule has 2 heteroatoms. The van der Waals surface area contributed by atoms with Crippen molar-refractivity contribution in [1.29, 1.82) is 5.26 Å². The summed E-state index contributed by atoms with van der Waals surface area (Å²) in [6, 6.07) is 3.74. The molecule has 0 spiro atoms. The highest BCUT2D eigenvalue weighted by Gasteiger charge is 2.33. The molecule has 0 saturated heterocycles. The summed E-state index contributed by atoms with van der Waals surface area (Å²) in [5.41, 5.74) is 0. The molecule has 1 aliphatic carbocycles. The van der Waals surface area contributed by atoms with E-state index in [1.807, 2.05) is 0 Å². The van der Waals surface area contributed by atoms with Crippen LogP contribution in [0.3, 0.4) is 0 Å². The maximum absolute atomic E-state index is 9.39. The first-order valence-electron chi connectivity index (χ1n) is 7.79. The highest BCUT2D eigenvalue weighted by molar-refractivity contribution is 4.97. The molecule has 0 aromatic carbocycles. The molecule has 18 heavy (non-hydrogen) atoms. The zero-order chi connectivity index (χ0) is 13.5. The van der Waals surface area contributed by atoms with Gasteiger partial charge in [-0.1, -0.05) is 40.5 Å². The van der Waals surface area contributed by atoms with Crippen LogP contribution in [0, 0.1) is 23.2 Å². The first-order chi connectivity index (χ1) is 8.63. The summed E-state index contributed by atoms with van der Waals surface area (Å²) >= 11 is 0. The maximum Gasteiger partial charge on any atom is 0.0672 e. The second-order valence-electron chi connectivity index (χ2n) is 6.15. The van der Waals surface area contributed by atoms with Crippen LogP contribution in [0.1, 0.15) is 66.2 Å². The number of nitriles is 1. The third-order valence-electron chi connectivity index (χ3n) is 4.31. The Morgan fingerprint density at radius 2 is 1.78 bits per heavy atom. The Hall–Kier alpha value is -0.550. The minimum atomic E-state index is 0.262. The normalized spacial score (nSPS) is 24.8. The topological polar surface area (TPSA) is 27.0 Å².